The van der Waals surface area contributed by atoms with Crippen molar-refractivity contribution >= 4 is 43.7 Å². The zero-order valence-electron chi connectivity index (χ0n) is 13.9. The lowest BCUT2D eigenvalue weighted by molar-refractivity contribution is 1.06. The second-order valence-electron chi connectivity index (χ2n) is 6.91. The van der Waals surface area contributed by atoms with Crippen LogP contribution in [0, 0.1) is 0 Å². The molecule has 0 saturated heterocycles. The van der Waals surface area contributed by atoms with Crippen molar-refractivity contribution < 1.29 is 0 Å². The van der Waals surface area contributed by atoms with E-state index >= 15 is 0 Å². The molecule has 0 fully saturated rings. The van der Waals surface area contributed by atoms with Crippen LogP contribution in [0.25, 0.3) is 43.7 Å². The fourth-order valence-corrected chi connectivity index (χ4v) is 4.56. The molecule has 6 rings (SSSR count). The summed E-state index contributed by atoms with van der Waals surface area (Å²) in [7, 11) is 0. The average Bonchev–Trinajstić information content (AvgIpc) is 3.20. The Morgan fingerprint density at radius 1 is 0.720 bits per heavy atom. The van der Waals surface area contributed by atoms with E-state index in [0.29, 0.717) is 0 Å². The molecule has 0 unspecified atom stereocenters. The van der Waals surface area contributed by atoms with Crippen molar-refractivity contribution in [1.82, 2.24) is 4.40 Å². The first-order chi connectivity index (χ1) is 12.4. The van der Waals surface area contributed by atoms with Crippen LogP contribution in [-0.2, 0) is 0 Å². The molecule has 0 atom stereocenters. The molecule has 0 spiro atoms. The predicted molar refractivity (Wildman–Crippen MR) is 107 cm³/mol. The van der Waals surface area contributed by atoms with Crippen LogP contribution in [0.5, 0.6) is 0 Å². The molecule has 3 aromatic carbocycles. The van der Waals surface area contributed by atoms with Crippen molar-refractivity contribution in [3.8, 4) is 0 Å². The summed E-state index contributed by atoms with van der Waals surface area (Å²) in [5.74, 6) is 0. The molecule has 2 aromatic heterocycles. The molecular formula is C24H17N. The number of hydrogen-bond donors (Lipinski definition) is 0. The van der Waals surface area contributed by atoms with Gasteiger partial charge in [-0.15, -0.1) is 0 Å². The molecule has 2 heterocycles. The van der Waals surface area contributed by atoms with Gasteiger partial charge >= 0.3 is 0 Å². The highest BCUT2D eigenvalue weighted by molar-refractivity contribution is 6.25. The highest BCUT2D eigenvalue weighted by atomic mass is 14.9. The Balaban J connectivity index is 1.92. The Hall–Kier alpha value is -3.06. The number of aromatic nitrogens is 1. The standard InChI is InChI=1S/C24H17N/c1-2-8-16(9-3-1)17-14-15-19-18-10-4-6-12-21(18)25-22-13-7-5-11-20(22)23(17)24(19)25/h1-2,4-8,10-15H,3,9H2. The van der Waals surface area contributed by atoms with Crippen LogP contribution in [0.3, 0.4) is 0 Å². The lowest BCUT2D eigenvalue weighted by atomic mass is 9.92. The molecule has 25 heavy (non-hydrogen) atoms. The zero-order chi connectivity index (χ0) is 16.4. The largest absolute Gasteiger partial charge is 0.308 e. The summed E-state index contributed by atoms with van der Waals surface area (Å²) < 4.78 is 2.46. The molecule has 5 aromatic rings. The zero-order valence-corrected chi connectivity index (χ0v) is 13.9. The number of rotatable bonds is 1. The first-order valence-electron chi connectivity index (χ1n) is 8.95. The third-order valence-corrected chi connectivity index (χ3v) is 5.61. The SMILES string of the molecule is C1=CCCC(c2ccc3c4ccccc4n4c5ccccc5c2c34)=C1. The number of allylic oxidation sites excluding steroid dienone is 4. The molecular weight excluding hydrogens is 302 g/mol. The van der Waals surface area contributed by atoms with Crippen molar-refractivity contribution in [2.45, 2.75) is 12.8 Å². The van der Waals surface area contributed by atoms with E-state index in [1.54, 1.807) is 0 Å². The summed E-state index contributed by atoms with van der Waals surface area (Å²) in [6.07, 6.45) is 9.00. The van der Waals surface area contributed by atoms with Crippen molar-refractivity contribution in [2.24, 2.45) is 0 Å². The van der Waals surface area contributed by atoms with Gasteiger partial charge in [-0.2, -0.15) is 0 Å². The van der Waals surface area contributed by atoms with Crippen molar-refractivity contribution in [3.63, 3.8) is 0 Å². The minimum atomic E-state index is 1.12. The number of fused-ring (bicyclic) bond motifs is 6. The lowest BCUT2D eigenvalue weighted by Gasteiger charge is -2.11. The van der Waals surface area contributed by atoms with Gasteiger partial charge in [0, 0.05) is 21.5 Å². The Bertz CT molecular complexity index is 1330. The molecule has 1 aliphatic rings. The van der Waals surface area contributed by atoms with Gasteiger partial charge in [-0.05, 0) is 36.1 Å². The van der Waals surface area contributed by atoms with Crippen molar-refractivity contribution in [2.75, 3.05) is 0 Å². The van der Waals surface area contributed by atoms with Crippen LogP contribution >= 0.6 is 0 Å². The Labute approximate surface area is 145 Å². The van der Waals surface area contributed by atoms with Crippen molar-refractivity contribution in [1.29, 1.82) is 0 Å². The molecule has 0 saturated carbocycles. The molecule has 1 heteroatoms. The molecule has 0 amide bonds. The van der Waals surface area contributed by atoms with E-state index in [0.717, 1.165) is 12.8 Å². The number of nitrogens with zero attached hydrogens (tertiary/aromatic N) is 1. The second-order valence-corrected chi connectivity index (χ2v) is 6.91. The summed E-state index contributed by atoms with van der Waals surface area (Å²) >= 11 is 0. The second kappa shape index (κ2) is 4.73. The predicted octanol–water partition coefficient (Wildman–Crippen LogP) is 6.57. The van der Waals surface area contributed by atoms with E-state index in [-0.39, 0.29) is 0 Å². The van der Waals surface area contributed by atoms with E-state index in [1.165, 1.54) is 49.2 Å². The van der Waals surface area contributed by atoms with Gasteiger partial charge in [-0.1, -0.05) is 66.8 Å². The van der Waals surface area contributed by atoms with Gasteiger partial charge in [0.1, 0.15) is 0 Å². The van der Waals surface area contributed by atoms with Crippen LogP contribution in [0.2, 0.25) is 0 Å². The van der Waals surface area contributed by atoms with Gasteiger partial charge in [0.2, 0.25) is 0 Å². The molecule has 0 N–H and O–H groups in total. The number of para-hydroxylation sites is 2. The van der Waals surface area contributed by atoms with E-state index in [4.69, 9.17) is 0 Å². The lowest BCUT2D eigenvalue weighted by Crippen LogP contribution is -1.89. The number of hydrogen-bond acceptors (Lipinski definition) is 0. The fraction of sp³-hybridized carbons (Fsp3) is 0.0833. The van der Waals surface area contributed by atoms with E-state index in [2.05, 4.69) is 83.3 Å². The Morgan fingerprint density at radius 3 is 2.28 bits per heavy atom. The van der Waals surface area contributed by atoms with E-state index < -0.39 is 0 Å². The van der Waals surface area contributed by atoms with Gasteiger partial charge < -0.3 is 4.40 Å². The maximum atomic E-state index is 2.46. The summed E-state index contributed by atoms with van der Waals surface area (Å²) in [5.41, 5.74) is 6.83. The minimum Gasteiger partial charge on any atom is -0.308 e. The molecule has 1 nitrogen and oxygen atoms in total. The summed E-state index contributed by atoms with van der Waals surface area (Å²) in [4.78, 5) is 0. The first-order valence-corrected chi connectivity index (χ1v) is 8.95. The highest BCUT2D eigenvalue weighted by Gasteiger charge is 2.20. The van der Waals surface area contributed by atoms with E-state index in [9.17, 15) is 0 Å². The quantitative estimate of drug-likeness (QED) is 0.329. The molecule has 0 radical (unpaired) electrons. The third-order valence-electron chi connectivity index (χ3n) is 5.61. The van der Waals surface area contributed by atoms with Crippen LogP contribution in [0.4, 0.5) is 0 Å². The average molecular weight is 319 g/mol. The van der Waals surface area contributed by atoms with Crippen LogP contribution in [0.15, 0.2) is 78.9 Å². The van der Waals surface area contributed by atoms with Gasteiger partial charge in [0.15, 0.2) is 0 Å². The van der Waals surface area contributed by atoms with Crippen LogP contribution in [-0.4, -0.2) is 4.40 Å². The Kier molecular flexibility index (Phi) is 2.51. The van der Waals surface area contributed by atoms with E-state index in [1.807, 2.05) is 0 Å². The highest BCUT2D eigenvalue weighted by Crippen LogP contribution is 2.43. The topological polar surface area (TPSA) is 4.41 Å². The van der Waals surface area contributed by atoms with Gasteiger partial charge in [0.05, 0.1) is 16.6 Å². The van der Waals surface area contributed by atoms with Crippen LogP contribution < -0.4 is 0 Å². The van der Waals surface area contributed by atoms with Crippen LogP contribution in [0.1, 0.15) is 18.4 Å². The molecule has 0 aliphatic heterocycles. The molecule has 118 valence electrons. The molecule has 0 bridgehead atoms. The first kappa shape index (κ1) is 13.3. The summed E-state index contributed by atoms with van der Waals surface area (Å²) in [6, 6.07) is 22.2. The molecule has 1 aliphatic carbocycles. The maximum absolute atomic E-state index is 2.46. The maximum Gasteiger partial charge on any atom is 0.0626 e. The normalized spacial score (nSPS) is 15.0. The summed E-state index contributed by atoms with van der Waals surface area (Å²) in [5, 5.41) is 5.47. The fourth-order valence-electron chi connectivity index (χ4n) is 4.56. The third kappa shape index (κ3) is 1.63. The Morgan fingerprint density at radius 2 is 1.48 bits per heavy atom. The van der Waals surface area contributed by atoms with Gasteiger partial charge in [0.25, 0.3) is 0 Å². The van der Waals surface area contributed by atoms with Crippen molar-refractivity contribution in [3.05, 3.63) is 84.5 Å². The monoisotopic (exact) mass is 319 g/mol. The van der Waals surface area contributed by atoms with Gasteiger partial charge in [-0.3, -0.25) is 0 Å². The number of benzene rings is 3. The van der Waals surface area contributed by atoms with Gasteiger partial charge in [-0.25, -0.2) is 0 Å². The minimum absolute atomic E-state index is 1.12. The smallest absolute Gasteiger partial charge is 0.0626 e. The summed E-state index contributed by atoms with van der Waals surface area (Å²) in [6.45, 7) is 0.